The Balaban J connectivity index is 1.72. The number of ether oxygens (including phenoxy) is 2. The highest BCUT2D eigenvalue weighted by molar-refractivity contribution is 9.11. The van der Waals surface area contributed by atoms with Gasteiger partial charge in [-0.1, -0.05) is 40.2 Å². The van der Waals surface area contributed by atoms with E-state index in [0.717, 1.165) is 12.8 Å². The first-order valence-corrected chi connectivity index (χ1v) is 8.64. The quantitative estimate of drug-likeness (QED) is 0.787. The fraction of sp³-hybridized carbons (Fsp3) is 0.444. The van der Waals surface area contributed by atoms with Crippen molar-refractivity contribution in [2.45, 2.75) is 50.6 Å². The molecule has 2 aromatic rings. The van der Waals surface area contributed by atoms with Crippen LogP contribution in [0.3, 0.4) is 0 Å². The number of nitrogens with one attached hydrogen (secondary N) is 1. The first-order valence-electron chi connectivity index (χ1n) is 7.85. The van der Waals surface area contributed by atoms with Crippen molar-refractivity contribution < 1.29 is 9.47 Å². The maximum Gasteiger partial charge on any atom is 0.173 e. The average Bonchev–Trinajstić information content (AvgIpc) is 3.04. The molecule has 0 bridgehead atoms. The number of benzene rings is 1. The van der Waals surface area contributed by atoms with Crippen molar-refractivity contribution in [1.82, 2.24) is 4.98 Å². The highest BCUT2D eigenvalue weighted by Gasteiger charge is 2.47. The lowest BCUT2D eigenvalue weighted by Crippen LogP contribution is -2.35. The fourth-order valence-electron chi connectivity index (χ4n) is 3.62. The third-order valence-electron chi connectivity index (χ3n) is 4.92. The van der Waals surface area contributed by atoms with Crippen molar-refractivity contribution in [3.63, 3.8) is 0 Å². The maximum absolute atomic E-state index is 6.19. The SMILES string of the molecule is C[C@H]1OC2(CC=C(Br)[C@H](c3c[nH]c4ccccc34)C2)O[C@@H]1C. The van der Waals surface area contributed by atoms with Gasteiger partial charge in [-0.25, -0.2) is 0 Å². The van der Waals surface area contributed by atoms with E-state index in [0.29, 0.717) is 0 Å². The molecule has 1 N–H and O–H groups in total. The number of hydrogen-bond acceptors (Lipinski definition) is 2. The second-order valence-electron chi connectivity index (χ2n) is 6.40. The highest BCUT2D eigenvalue weighted by Crippen LogP contribution is 2.48. The van der Waals surface area contributed by atoms with Crippen LogP contribution in [0.15, 0.2) is 41.0 Å². The van der Waals surface area contributed by atoms with Crippen molar-refractivity contribution in [1.29, 1.82) is 0 Å². The molecule has 0 amide bonds. The lowest BCUT2D eigenvalue weighted by molar-refractivity contribution is -0.179. The molecule has 4 rings (SSSR count). The van der Waals surface area contributed by atoms with Gasteiger partial charge in [0.25, 0.3) is 0 Å². The molecule has 1 aliphatic heterocycles. The van der Waals surface area contributed by atoms with Gasteiger partial charge < -0.3 is 14.5 Å². The largest absolute Gasteiger partial charge is 0.361 e. The van der Waals surface area contributed by atoms with Gasteiger partial charge in [0.15, 0.2) is 5.79 Å². The zero-order chi connectivity index (χ0) is 15.3. The van der Waals surface area contributed by atoms with Crippen LogP contribution in [-0.4, -0.2) is 23.0 Å². The van der Waals surface area contributed by atoms with Gasteiger partial charge in [-0.05, 0) is 30.0 Å². The van der Waals surface area contributed by atoms with E-state index in [2.05, 4.69) is 71.3 Å². The number of allylic oxidation sites excluding steroid dienone is 1. The number of para-hydroxylation sites is 1. The molecule has 2 heterocycles. The van der Waals surface area contributed by atoms with Crippen molar-refractivity contribution >= 4 is 26.8 Å². The summed E-state index contributed by atoms with van der Waals surface area (Å²) >= 11 is 3.76. The van der Waals surface area contributed by atoms with Gasteiger partial charge in [0, 0.05) is 35.9 Å². The Morgan fingerprint density at radius 3 is 2.68 bits per heavy atom. The van der Waals surface area contributed by atoms with Crippen LogP contribution in [0.25, 0.3) is 10.9 Å². The molecule has 0 saturated carbocycles. The molecular formula is C18H20BrNO2. The molecule has 0 unspecified atom stereocenters. The summed E-state index contributed by atoms with van der Waals surface area (Å²) in [5.74, 6) is -0.207. The van der Waals surface area contributed by atoms with Gasteiger partial charge in [0.1, 0.15) is 0 Å². The Kier molecular flexibility index (Phi) is 3.44. The van der Waals surface area contributed by atoms with E-state index >= 15 is 0 Å². The molecule has 4 heteroatoms. The van der Waals surface area contributed by atoms with E-state index in [-0.39, 0.29) is 18.1 Å². The minimum atomic E-state index is -0.473. The van der Waals surface area contributed by atoms with Crippen LogP contribution in [0.4, 0.5) is 0 Å². The van der Waals surface area contributed by atoms with Crippen LogP contribution in [0.5, 0.6) is 0 Å². The molecule has 22 heavy (non-hydrogen) atoms. The Hall–Kier alpha value is -1.10. The molecule has 1 aromatic carbocycles. The first-order chi connectivity index (χ1) is 10.6. The number of H-pyrrole nitrogens is 1. The van der Waals surface area contributed by atoms with Crippen molar-refractivity contribution in [2.75, 3.05) is 0 Å². The molecule has 3 nitrogen and oxygen atoms in total. The Morgan fingerprint density at radius 1 is 1.18 bits per heavy atom. The topological polar surface area (TPSA) is 34.2 Å². The second kappa shape index (κ2) is 5.22. The molecule has 1 saturated heterocycles. The van der Waals surface area contributed by atoms with Crippen molar-refractivity contribution in [3.8, 4) is 0 Å². The smallest absolute Gasteiger partial charge is 0.173 e. The zero-order valence-corrected chi connectivity index (χ0v) is 14.4. The van der Waals surface area contributed by atoms with E-state index in [1.807, 2.05) is 0 Å². The number of aromatic nitrogens is 1. The summed E-state index contributed by atoms with van der Waals surface area (Å²) in [6.45, 7) is 4.18. The van der Waals surface area contributed by atoms with Crippen LogP contribution < -0.4 is 0 Å². The minimum Gasteiger partial charge on any atom is -0.361 e. The van der Waals surface area contributed by atoms with Crippen molar-refractivity contribution in [3.05, 3.63) is 46.6 Å². The molecule has 0 radical (unpaired) electrons. The summed E-state index contributed by atoms with van der Waals surface area (Å²) in [7, 11) is 0. The van der Waals surface area contributed by atoms with E-state index in [9.17, 15) is 0 Å². The van der Waals surface area contributed by atoms with E-state index in [1.54, 1.807) is 0 Å². The highest BCUT2D eigenvalue weighted by atomic mass is 79.9. The maximum atomic E-state index is 6.19. The number of rotatable bonds is 1. The molecule has 1 fully saturated rings. The number of hydrogen-bond donors (Lipinski definition) is 1. The lowest BCUT2D eigenvalue weighted by atomic mass is 9.85. The summed E-state index contributed by atoms with van der Waals surface area (Å²) < 4.78 is 13.6. The van der Waals surface area contributed by atoms with E-state index in [1.165, 1.54) is 20.9 Å². The minimum absolute atomic E-state index is 0.147. The molecule has 3 atom stereocenters. The molecule has 116 valence electrons. The Morgan fingerprint density at radius 2 is 1.91 bits per heavy atom. The van der Waals surface area contributed by atoms with Crippen LogP contribution >= 0.6 is 15.9 Å². The summed E-state index contributed by atoms with van der Waals surface area (Å²) in [5.41, 5.74) is 2.48. The van der Waals surface area contributed by atoms with Gasteiger partial charge in [-0.3, -0.25) is 0 Å². The summed E-state index contributed by atoms with van der Waals surface area (Å²) in [6, 6.07) is 8.43. The van der Waals surface area contributed by atoms with Crippen LogP contribution in [0.2, 0.25) is 0 Å². The first kappa shape index (κ1) is 14.5. The van der Waals surface area contributed by atoms with Crippen molar-refractivity contribution in [2.24, 2.45) is 0 Å². The second-order valence-corrected chi connectivity index (χ2v) is 7.31. The summed E-state index contributed by atoms with van der Waals surface area (Å²) in [4.78, 5) is 3.37. The van der Waals surface area contributed by atoms with Gasteiger partial charge in [0.05, 0.1) is 12.2 Å². The summed E-state index contributed by atoms with van der Waals surface area (Å²) in [6.07, 6.45) is 6.27. The van der Waals surface area contributed by atoms with Crippen LogP contribution in [-0.2, 0) is 9.47 Å². The zero-order valence-electron chi connectivity index (χ0n) is 12.8. The molecule has 2 aliphatic rings. The monoisotopic (exact) mass is 361 g/mol. The number of fused-ring (bicyclic) bond motifs is 1. The number of halogens is 1. The van der Waals surface area contributed by atoms with Gasteiger partial charge in [-0.2, -0.15) is 0 Å². The van der Waals surface area contributed by atoms with Gasteiger partial charge >= 0.3 is 0 Å². The van der Waals surface area contributed by atoms with Crippen LogP contribution in [0.1, 0.15) is 38.2 Å². The average molecular weight is 362 g/mol. The molecular weight excluding hydrogens is 342 g/mol. The lowest BCUT2D eigenvalue weighted by Gasteiger charge is -2.35. The predicted octanol–water partition coefficient (Wildman–Crippen LogP) is 4.84. The van der Waals surface area contributed by atoms with E-state index in [4.69, 9.17) is 9.47 Å². The third kappa shape index (κ3) is 2.25. The molecule has 1 spiro atoms. The van der Waals surface area contributed by atoms with Gasteiger partial charge in [-0.15, -0.1) is 0 Å². The number of aromatic amines is 1. The Bertz CT molecular complexity index is 726. The Labute approximate surface area is 138 Å². The fourth-order valence-corrected chi connectivity index (χ4v) is 4.19. The molecule has 1 aromatic heterocycles. The third-order valence-corrected chi connectivity index (χ3v) is 5.79. The van der Waals surface area contributed by atoms with E-state index < -0.39 is 5.79 Å². The van der Waals surface area contributed by atoms with Gasteiger partial charge in [0.2, 0.25) is 0 Å². The summed E-state index contributed by atoms with van der Waals surface area (Å²) in [5, 5.41) is 1.27. The molecule has 1 aliphatic carbocycles. The standard InChI is InChI=1S/C18H20BrNO2/c1-11-12(2)22-18(21-11)8-7-16(19)14(9-18)15-10-20-17-6-4-3-5-13(15)17/h3-7,10-12,14,20H,8-9H2,1-2H3/t11-,12-,14+/m1/s1. The van der Waals surface area contributed by atoms with Crippen LogP contribution in [0, 0.1) is 0 Å². The normalized spacial score (nSPS) is 30.9. The predicted molar refractivity (Wildman–Crippen MR) is 91.1 cm³/mol.